The fourth-order valence-corrected chi connectivity index (χ4v) is 4.79. The van der Waals surface area contributed by atoms with Gasteiger partial charge in [0, 0.05) is 18.8 Å². The fourth-order valence-electron chi connectivity index (χ4n) is 4.79. The second-order valence-electron chi connectivity index (χ2n) is 8.14. The van der Waals surface area contributed by atoms with Gasteiger partial charge in [-0.2, -0.15) is 17.6 Å². The summed E-state index contributed by atoms with van der Waals surface area (Å²) in [6.07, 6.45) is 5.46. The number of alkyl halides is 4. The number of rotatable bonds is 5. The van der Waals surface area contributed by atoms with Crippen LogP contribution in [0.1, 0.15) is 77.6 Å². The molecule has 2 aliphatic carbocycles. The van der Waals surface area contributed by atoms with Gasteiger partial charge in [0.05, 0.1) is 6.61 Å². The number of hydrogen-bond donors (Lipinski definition) is 0. The maximum atomic E-state index is 14.7. The zero-order valence-electron chi connectivity index (χ0n) is 15.0. The monoisotopic (exact) mass is 366 g/mol. The van der Waals surface area contributed by atoms with Gasteiger partial charge in [0.1, 0.15) is 0 Å². The molecule has 0 bridgehead atoms. The van der Waals surface area contributed by atoms with E-state index < -0.39 is 36.3 Å². The molecule has 3 aliphatic rings. The van der Waals surface area contributed by atoms with Gasteiger partial charge in [0.15, 0.2) is 11.9 Å². The molecule has 1 unspecified atom stereocenters. The Bertz CT molecular complexity index is 441. The maximum Gasteiger partial charge on any atom is 0.338 e. The topological polar surface area (TPSA) is 18.5 Å². The summed E-state index contributed by atoms with van der Waals surface area (Å²) in [6.45, 7) is 1.63. The molecule has 2 nitrogen and oxygen atoms in total. The summed E-state index contributed by atoms with van der Waals surface area (Å²) < 4.78 is 69.8. The summed E-state index contributed by atoms with van der Waals surface area (Å²) in [5.74, 6) is -10.1. The highest BCUT2D eigenvalue weighted by Gasteiger charge is 2.67. The normalized spacial score (nSPS) is 33.7. The van der Waals surface area contributed by atoms with Crippen molar-refractivity contribution in [3.8, 4) is 0 Å². The van der Waals surface area contributed by atoms with Crippen LogP contribution in [0, 0.1) is 11.8 Å². The van der Waals surface area contributed by atoms with E-state index in [1.807, 2.05) is 0 Å². The Morgan fingerprint density at radius 2 is 1.56 bits per heavy atom. The molecule has 0 amide bonds. The second kappa shape index (κ2) is 7.34. The van der Waals surface area contributed by atoms with E-state index in [2.05, 4.69) is 6.92 Å². The standard InChI is InChI=1S/C19H30F4O2/c1-2-6-14-7-9-15(10-8-14)18(20,21)19(22,23)16-13-24-17(25-16)11-4-3-5-12-17/h14-16H,2-13H2,1H3. The molecule has 3 fully saturated rings. The molecular formula is C19H30F4O2. The van der Waals surface area contributed by atoms with E-state index in [-0.39, 0.29) is 12.8 Å². The van der Waals surface area contributed by atoms with E-state index >= 15 is 0 Å². The average Bonchev–Trinajstić information content (AvgIpc) is 3.00. The van der Waals surface area contributed by atoms with Crippen molar-refractivity contribution in [1.29, 1.82) is 0 Å². The lowest BCUT2D eigenvalue weighted by atomic mass is 9.75. The number of halogens is 4. The molecule has 3 rings (SSSR count). The van der Waals surface area contributed by atoms with Gasteiger partial charge in [0.2, 0.25) is 0 Å². The summed E-state index contributed by atoms with van der Waals surface area (Å²) in [5.41, 5.74) is 0. The molecule has 25 heavy (non-hydrogen) atoms. The zero-order valence-corrected chi connectivity index (χ0v) is 15.0. The Labute approximate surface area is 147 Å². The lowest BCUT2D eigenvalue weighted by Crippen LogP contribution is -2.55. The quantitative estimate of drug-likeness (QED) is 0.561. The highest BCUT2D eigenvalue weighted by molar-refractivity contribution is 5.00. The minimum Gasteiger partial charge on any atom is -0.347 e. The molecule has 2 saturated carbocycles. The Morgan fingerprint density at radius 1 is 0.920 bits per heavy atom. The SMILES string of the molecule is CCCC1CCC(C(F)(F)C(F)(F)C2COC3(CCCCC3)O2)CC1. The van der Waals surface area contributed by atoms with E-state index in [9.17, 15) is 17.6 Å². The van der Waals surface area contributed by atoms with E-state index in [1.165, 1.54) is 0 Å². The van der Waals surface area contributed by atoms with Gasteiger partial charge in [-0.05, 0) is 44.4 Å². The summed E-state index contributed by atoms with van der Waals surface area (Å²) in [6, 6.07) is 0. The molecule has 1 aliphatic heterocycles. The van der Waals surface area contributed by atoms with Crippen LogP contribution in [-0.2, 0) is 9.47 Å². The Balaban J connectivity index is 1.64. The Hall–Kier alpha value is -0.360. The first-order chi connectivity index (χ1) is 11.8. The average molecular weight is 366 g/mol. The van der Waals surface area contributed by atoms with Crippen LogP contribution in [0.4, 0.5) is 17.6 Å². The fraction of sp³-hybridized carbons (Fsp3) is 1.00. The molecule has 1 atom stereocenters. The van der Waals surface area contributed by atoms with Gasteiger partial charge in [-0.15, -0.1) is 0 Å². The highest BCUT2D eigenvalue weighted by Crippen LogP contribution is 2.52. The lowest BCUT2D eigenvalue weighted by Gasteiger charge is -2.39. The van der Waals surface area contributed by atoms with Crippen LogP contribution in [0.5, 0.6) is 0 Å². The van der Waals surface area contributed by atoms with E-state index in [1.54, 1.807) is 0 Å². The van der Waals surface area contributed by atoms with Gasteiger partial charge in [-0.25, -0.2) is 0 Å². The third kappa shape index (κ3) is 3.71. The molecular weight excluding hydrogens is 336 g/mol. The third-order valence-electron chi connectivity index (χ3n) is 6.38. The van der Waals surface area contributed by atoms with Crippen LogP contribution in [0.3, 0.4) is 0 Å². The number of ether oxygens (including phenoxy) is 2. The minimum atomic E-state index is -4.18. The first-order valence-electron chi connectivity index (χ1n) is 9.88. The van der Waals surface area contributed by atoms with Crippen molar-refractivity contribution in [3.63, 3.8) is 0 Å². The molecule has 0 N–H and O–H groups in total. The first kappa shape index (κ1) is 19.4. The van der Waals surface area contributed by atoms with Gasteiger partial charge < -0.3 is 9.47 Å². The van der Waals surface area contributed by atoms with Crippen molar-refractivity contribution in [3.05, 3.63) is 0 Å². The van der Waals surface area contributed by atoms with Crippen molar-refractivity contribution < 1.29 is 27.0 Å². The molecule has 0 radical (unpaired) electrons. The summed E-state index contributed by atoms with van der Waals surface area (Å²) in [7, 11) is 0. The van der Waals surface area contributed by atoms with Crippen molar-refractivity contribution >= 4 is 0 Å². The highest BCUT2D eigenvalue weighted by atomic mass is 19.3. The first-order valence-corrected chi connectivity index (χ1v) is 9.88. The summed E-state index contributed by atoms with van der Waals surface area (Å²) in [4.78, 5) is 0. The van der Waals surface area contributed by atoms with E-state index in [0.717, 1.165) is 32.1 Å². The van der Waals surface area contributed by atoms with Crippen LogP contribution in [0.15, 0.2) is 0 Å². The van der Waals surface area contributed by atoms with Crippen LogP contribution < -0.4 is 0 Å². The summed E-state index contributed by atoms with van der Waals surface area (Å²) in [5, 5.41) is 0. The van der Waals surface area contributed by atoms with Gasteiger partial charge in [-0.3, -0.25) is 0 Å². The molecule has 0 aromatic carbocycles. The van der Waals surface area contributed by atoms with Gasteiger partial charge >= 0.3 is 11.8 Å². The lowest BCUT2D eigenvalue weighted by molar-refractivity contribution is -0.294. The maximum absolute atomic E-state index is 14.7. The Kier molecular flexibility index (Phi) is 5.69. The van der Waals surface area contributed by atoms with Crippen molar-refractivity contribution in [2.75, 3.05) is 6.61 Å². The van der Waals surface area contributed by atoms with E-state index in [4.69, 9.17) is 9.47 Å². The van der Waals surface area contributed by atoms with Gasteiger partial charge in [0.25, 0.3) is 0 Å². The largest absolute Gasteiger partial charge is 0.347 e. The van der Waals surface area contributed by atoms with Crippen LogP contribution >= 0.6 is 0 Å². The Morgan fingerprint density at radius 3 is 2.16 bits per heavy atom. The molecule has 1 heterocycles. The van der Waals surface area contributed by atoms with Crippen molar-refractivity contribution in [1.82, 2.24) is 0 Å². The molecule has 0 aromatic rings. The van der Waals surface area contributed by atoms with Gasteiger partial charge in [-0.1, -0.05) is 26.2 Å². The number of hydrogen-bond acceptors (Lipinski definition) is 2. The van der Waals surface area contributed by atoms with Crippen molar-refractivity contribution in [2.45, 2.75) is 101 Å². The molecule has 1 spiro atoms. The predicted octanol–water partition coefficient (Wildman–Crippen LogP) is 5.94. The molecule has 0 aromatic heterocycles. The smallest absolute Gasteiger partial charge is 0.338 e. The second-order valence-corrected chi connectivity index (χ2v) is 8.14. The van der Waals surface area contributed by atoms with E-state index in [0.29, 0.717) is 31.6 Å². The van der Waals surface area contributed by atoms with Crippen molar-refractivity contribution in [2.24, 2.45) is 11.8 Å². The zero-order chi connectivity index (χ0) is 18.1. The molecule has 146 valence electrons. The minimum absolute atomic E-state index is 0.173. The van der Waals surface area contributed by atoms with Crippen LogP contribution in [-0.4, -0.2) is 30.3 Å². The van der Waals surface area contributed by atoms with Crippen LogP contribution in [0.2, 0.25) is 0 Å². The third-order valence-corrected chi connectivity index (χ3v) is 6.38. The van der Waals surface area contributed by atoms with Crippen LogP contribution in [0.25, 0.3) is 0 Å². The molecule has 6 heteroatoms. The predicted molar refractivity (Wildman–Crippen MR) is 86.9 cm³/mol. The summed E-state index contributed by atoms with van der Waals surface area (Å²) >= 11 is 0. The molecule has 1 saturated heterocycles.